The molecule has 30 heavy (non-hydrogen) atoms. The molecule has 5 nitrogen and oxygen atoms in total. The molecule has 156 valence electrons. The fraction of sp³-hybridized carbons (Fsp3) is 0.136. The van der Waals surface area contributed by atoms with Crippen LogP contribution in [0.3, 0.4) is 0 Å². The Morgan fingerprint density at radius 2 is 1.67 bits per heavy atom. The van der Waals surface area contributed by atoms with Gasteiger partial charge in [0.2, 0.25) is 10.0 Å². The number of benzene rings is 3. The zero-order valence-corrected chi connectivity index (χ0v) is 18.0. The predicted octanol–water partition coefficient (Wildman–Crippen LogP) is 5.01. The van der Waals surface area contributed by atoms with Crippen molar-refractivity contribution in [2.24, 2.45) is 0 Å². The minimum absolute atomic E-state index is 0.0502. The molecule has 0 atom stereocenters. The summed E-state index contributed by atoms with van der Waals surface area (Å²) in [4.78, 5) is 12.5. The molecular weight excluding hydrogens is 427 g/mol. The molecule has 0 spiro atoms. The monoisotopic (exact) mass is 446 g/mol. The molecule has 3 rings (SSSR count). The van der Waals surface area contributed by atoms with Gasteiger partial charge in [-0.1, -0.05) is 23.7 Å². The highest BCUT2D eigenvalue weighted by Crippen LogP contribution is 2.23. The van der Waals surface area contributed by atoms with Crippen LogP contribution >= 0.6 is 11.6 Å². The predicted molar refractivity (Wildman–Crippen MR) is 118 cm³/mol. The van der Waals surface area contributed by atoms with E-state index in [0.29, 0.717) is 27.5 Å². The molecule has 8 heteroatoms. The van der Waals surface area contributed by atoms with E-state index in [2.05, 4.69) is 5.32 Å². The first-order chi connectivity index (χ1) is 14.1. The molecule has 0 bridgehead atoms. The molecule has 0 saturated heterocycles. The number of aryl methyl sites for hydroxylation is 1. The molecule has 0 fully saturated rings. The Kier molecular flexibility index (Phi) is 6.43. The Morgan fingerprint density at radius 1 is 1.03 bits per heavy atom. The Hall–Kier alpha value is -2.90. The highest BCUT2D eigenvalue weighted by molar-refractivity contribution is 7.92. The number of halogens is 2. The van der Waals surface area contributed by atoms with Gasteiger partial charge in [0.15, 0.2) is 0 Å². The van der Waals surface area contributed by atoms with Gasteiger partial charge in [-0.25, -0.2) is 12.8 Å². The molecule has 0 saturated carbocycles. The molecule has 0 aliphatic rings. The maximum absolute atomic E-state index is 13.1. The quantitative estimate of drug-likeness (QED) is 0.579. The Morgan fingerprint density at radius 3 is 2.23 bits per heavy atom. The first-order valence-corrected chi connectivity index (χ1v) is 11.3. The lowest BCUT2D eigenvalue weighted by atomic mass is 10.1. The minimum Gasteiger partial charge on any atom is -0.322 e. The van der Waals surface area contributed by atoms with E-state index in [1.807, 2.05) is 6.92 Å². The molecule has 0 heterocycles. The lowest BCUT2D eigenvalue weighted by Gasteiger charge is -2.22. The molecule has 0 aliphatic carbocycles. The molecule has 0 aromatic heterocycles. The van der Waals surface area contributed by atoms with Crippen LogP contribution in [0.25, 0.3) is 0 Å². The molecule has 0 radical (unpaired) electrons. The number of carbonyl (C=O) groups excluding carboxylic acids is 1. The minimum atomic E-state index is -3.59. The topological polar surface area (TPSA) is 66.5 Å². The second-order valence-corrected chi connectivity index (χ2v) is 9.20. The third kappa shape index (κ3) is 5.37. The maximum atomic E-state index is 13.1. The van der Waals surface area contributed by atoms with E-state index in [9.17, 15) is 17.6 Å². The first-order valence-electron chi connectivity index (χ1n) is 9.03. The van der Waals surface area contributed by atoms with Gasteiger partial charge in [0, 0.05) is 16.3 Å². The number of amides is 1. The summed E-state index contributed by atoms with van der Waals surface area (Å²) in [5.74, 6) is -0.715. The van der Waals surface area contributed by atoms with Crippen LogP contribution in [0.15, 0.2) is 66.7 Å². The van der Waals surface area contributed by atoms with Crippen molar-refractivity contribution in [2.45, 2.75) is 13.5 Å². The lowest BCUT2D eigenvalue weighted by Crippen LogP contribution is -2.29. The van der Waals surface area contributed by atoms with Crippen LogP contribution in [0.4, 0.5) is 15.8 Å². The van der Waals surface area contributed by atoms with Crippen molar-refractivity contribution < 1.29 is 17.6 Å². The number of hydrogen-bond donors (Lipinski definition) is 1. The molecular formula is C22H20ClFN2O3S. The first kappa shape index (κ1) is 21.8. The van der Waals surface area contributed by atoms with Crippen molar-refractivity contribution in [1.82, 2.24) is 0 Å². The molecule has 0 unspecified atom stereocenters. The SMILES string of the molecule is Cc1cc(Cl)ccc1NC(=O)c1ccc(N(Cc2ccc(F)cc2)S(C)(=O)=O)cc1. The molecule has 1 N–H and O–H groups in total. The second-order valence-electron chi connectivity index (χ2n) is 6.86. The van der Waals surface area contributed by atoms with Crippen molar-refractivity contribution >= 4 is 38.9 Å². The zero-order chi connectivity index (χ0) is 21.9. The fourth-order valence-corrected chi connectivity index (χ4v) is 4.01. The summed E-state index contributed by atoms with van der Waals surface area (Å²) < 4.78 is 38.9. The van der Waals surface area contributed by atoms with Crippen molar-refractivity contribution in [1.29, 1.82) is 0 Å². The van der Waals surface area contributed by atoms with Gasteiger partial charge in [-0.2, -0.15) is 0 Å². The van der Waals surface area contributed by atoms with Gasteiger partial charge in [0.25, 0.3) is 5.91 Å². The number of nitrogens with zero attached hydrogens (tertiary/aromatic N) is 1. The highest BCUT2D eigenvalue weighted by Gasteiger charge is 2.18. The summed E-state index contributed by atoms with van der Waals surface area (Å²) in [6, 6.07) is 17.0. The van der Waals surface area contributed by atoms with Gasteiger partial charge in [-0.15, -0.1) is 0 Å². The maximum Gasteiger partial charge on any atom is 0.255 e. The van der Waals surface area contributed by atoms with Crippen LogP contribution in [0, 0.1) is 12.7 Å². The number of carbonyl (C=O) groups is 1. The van der Waals surface area contributed by atoms with Crippen LogP contribution in [-0.2, 0) is 16.6 Å². The molecule has 3 aromatic carbocycles. The summed E-state index contributed by atoms with van der Waals surface area (Å²) in [5.41, 5.74) is 2.89. The summed E-state index contributed by atoms with van der Waals surface area (Å²) >= 11 is 5.94. The van der Waals surface area contributed by atoms with Crippen molar-refractivity contribution in [3.05, 3.63) is 94.3 Å². The van der Waals surface area contributed by atoms with Gasteiger partial charge in [0.05, 0.1) is 18.5 Å². The average Bonchev–Trinajstić information content (AvgIpc) is 2.69. The Bertz CT molecular complexity index is 1160. The highest BCUT2D eigenvalue weighted by atomic mass is 35.5. The zero-order valence-electron chi connectivity index (χ0n) is 16.4. The van der Waals surface area contributed by atoms with E-state index in [1.54, 1.807) is 42.5 Å². The van der Waals surface area contributed by atoms with Gasteiger partial charge in [0.1, 0.15) is 5.82 Å². The summed E-state index contributed by atoms with van der Waals surface area (Å²) in [6.07, 6.45) is 1.10. The van der Waals surface area contributed by atoms with E-state index in [4.69, 9.17) is 11.6 Å². The van der Waals surface area contributed by atoms with Gasteiger partial charge in [-0.05, 0) is 72.6 Å². The molecule has 0 aliphatic heterocycles. The Labute approximate surface area is 180 Å². The van der Waals surface area contributed by atoms with Crippen LogP contribution in [-0.4, -0.2) is 20.6 Å². The Balaban J connectivity index is 1.80. The van der Waals surface area contributed by atoms with E-state index >= 15 is 0 Å². The van der Waals surface area contributed by atoms with Crippen LogP contribution in [0.5, 0.6) is 0 Å². The fourth-order valence-electron chi connectivity index (χ4n) is 2.90. The van der Waals surface area contributed by atoms with Crippen LogP contribution in [0.2, 0.25) is 5.02 Å². The number of anilines is 2. The number of hydrogen-bond acceptors (Lipinski definition) is 3. The largest absolute Gasteiger partial charge is 0.322 e. The average molecular weight is 447 g/mol. The van der Waals surface area contributed by atoms with E-state index in [0.717, 1.165) is 11.8 Å². The van der Waals surface area contributed by atoms with Gasteiger partial charge < -0.3 is 5.32 Å². The van der Waals surface area contributed by atoms with Gasteiger partial charge in [-0.3, -0.25) is 9.10 Å². The standard InChI is InChI=1S/C22H20ClFN2O3S/c1-15-13-18(23)7-12-21(15)25-22(27)17-5-10-20(11-6-17)26(30(2,28)29)14-16-3-8-19(24)9-4-16/h3-13H,14H2,1-2H3,(H,25,27). The number of nitrogens with one attached hydrogen (secondary N) is 1. The smallest absolute Gasteiger partial charge is 0.255 e. The van der Waals surface area contributed by atoms with E-state index < -0.39 is 15.8 Å². The summed E-state index contributed by atoms with van der Waals surface area (Å²) in [5, 5.41) is 3.39. The third-order valence-electron chi connectivity index (χ3n) is 4.49. The lowest BCUT2D eigenvalue weighted by molar-refractivity contribution is 0.102. The number of sulfonamides is 1. The van der Waals surface area contributed by atoms with Crippen molar-refractivity contribution in [2.75, 3.05) is 15.9 Å². The van der Waals surface area contributed by atoms with Gasteiger partial charge >= 0.3 is 0 Å². The molecule has 1 amide bonds. The second kappa shape index (κ2) is 8.85. The third-order valence-corrected chi connectivity index (χ3v) is 5.87. The van der Waals surface area contributed by atoms with E-state index in [1.165, 1.54) is 28.6 Å². The van der Waals surface area contributed by atoms with E-state index in [-0.39, 0.29) is 12.5 Å². The van der Waals surface area contributed by atoms with Crippen LogP contribution in [0.1, 0.15) is 21.5 Å². The summed E-state index contributed by atoms with van der Waals surface area (Å²) in [7, 11) is -3.59. The van der Waals surface area contributed by atoms with Crippen molar-refractivity contribution in [3.8, 4) is 0 Å². The normalized spacial score (nSPS) is 11.2. The molecule has 3 aromatic rings. The number of rotatable bonds is 6. The van der Waals surface area contributed by atoms with Crippen LogP contribution < -0.4 is 9.62 Å². The van der Waals surface area contributed by atoms with Crippen molar-refractivity contribution in [3.63, 3.8) is 0 Å². The summed E-state index contributed by atoms with van der Waals surface area (Å²) in [6.45, 7) is 1.89.